The Hall–Kier alpha value is -0.100. The first kappa shape index (κ1) is 15.3. The summed E-state index contributed by atoms with van der Waals surface area (Å²) in [7, 11) is 0. The minimum atomic E-state index is 0.271. The number of phenols is 1. The van der Waals surface area contributed by atoms with Crippen molar-refractivity contribution in [3.8, 4) is 5.75 Å². The molecule has 3 nitrogen and oxygen atoms in total. The van der Waals surface area contributed by atoms with Crippen molar-refractivity contribution >= 4 is 31.9 Å². The monoisotopic (exact) mass is 390 g/mol. The van der Waals surface area contributed by atoms with E-state index in [2.05, 4.69) is 55.5 Å². The lowest BCUT2D eigenvalue weighted by Crippen LogP contribution is -2.51. The molecule has 0 amide bonds. The third-order valence-electron chi connectivity index (χ3n) is 3.74. The normalized spacial score (nSPS) is 21.8. The minimum Gasteiger partial charge on any atom is -0.506 e. The predicted octanol–water partition coefficient (Wildman–Crippen LogP) is 3.44. The van der Waals surface area contributed by atoms with Gasteiger partial charge in [-0.05, 0) is 63.0 Å². The molecule has 1 N–H and O–H groups in total. The predicted molar refractivity (Wildman–Crippen MR) is 85.5 cm³/mol. The van der Waals surface area contributed by atoms with Crippen molar-refractivity contribution in [1.29, 1.82) is 0 Å². The van der Waals surface area contributed by atoms with Gasteiger partial charge in [0.15, 0.2) is 0 Å². The Labute approximate surface area is 131 Å². The molecule has 1 fully saturated rings. The Morgan fingerprint density at radius 2 is 1.89 bits per heavy atom. The van der Waals surface area contributed by atoms with Crippen molar-refractivity contribution in [2.75, 3.05) is 26.2 Å². The lowest BCUT2D eigenvalue weighted by molar-refractivity contribution is 0.0834. The highest BCUT2D eigenvalue weighted by Gasteiger charge is 2.22. The third kappa shape index (κ3) is 3.72. The van der Waals surface area contributed by atoms with Crippen LogP contribution in [0.15, 0.2) is 21.1 Å². The fraction of sp³-hybridized carbons (Fsp3) is 0.571. The maximum Gasteiger partial charge on any atom is 0.143 e. The highest BCUT2D eigenvalue weighted by atomic mass is 79.9. The molecule has 1 aromatic rings. The topological polar surface area (TPSA) is 26.7 Å². The lowest BCUT2D eigenvalue weighted by atomic mass is 10.1. The molecule has 1 unspecified atom stereocenters. The van der Waals surface area contributed by atoms with Crippen molar-refractivity contribution in [3.05, 3.63) is 26.6 Å². The van der Waals surface area contributed by atoms with Crippen molar-refractivity contribution < 1.29 is 5.11 Å². The van der Waals surface area contributed by atoms with Crippen LogP contribution in [0.25, 0.3) is 0 Å². The Morgan fingerprint density at radius 1 is 1.26 bits per heavy atom. The molecule has 1 heterocycles. The number of hydrogen-bond donors (Lipinski definition) is 1. The van der Waals surface area contributed by atoms with Crippen molar-refractivity contribution in [3.63, 3.8) is 0 Å². The van der Waals surface area contributed by atoms with E-state index >= 15 is 0 Å². The second kappa shape index (κ2) is 6.57. The second-order valence-electron chi connectivity index (χ2n) is 5.12. The number of rotatable bonds is 3. The zero-order valence-corrected chi connectivity index (χ0v) is 14.5. The summed E-state index contributed by atoms with van der Waals surface area (Å²) in [6.07, 6.45) is 0. The summed E-state index contributed by atoms with van der Waals surface area (Å²) in [5, 5.41) is 9.73. The molecule has 0 aromatic heterocycles. The van der Waals surface area contributed by atoms with Gasteiger partial charge in [0.2, 0.25) is 0 Å². The number of nitrogens with zero attached hydrogens (tertiary/aromatic N) is 2. The van der Waals surface area contributed by atoms with Crippen LogP contribution in [0, 0.1) is 0 Å². The molecule has 0 radical (unpaired) electrons. The molecule has 1 aliphatic rings. The van der Waals surface area contributed by atoms with Crippen LogP contribution in [-0.4, -0.2) is 47.1 Å². The van der Waals surface area contributed by atoms with Gasteiger partial charge in [-0.25, -0.2) is 0 Å². The number of hydrogen-bond acceptors (Lipinski definition) is 3. The molecule has 1 aromatic carbocycles. The zero-order chi connectivity index (χ0) is 14.0. The van der Waals surface area contributed by atoms with Gasteiger partial charge >= 0.3 is 0 Å². The molecule has 0 saturated carbocycles. The Kier molecular flexibility index (Phi) is 5.29. The molecule has 19 heavy (non-hydrogen) atoms. The molecule has 2 rings (SSSR count). The summed E-state index contributed by atoms with van der Waals surface area (Å²) in [5.74, 6) is 0.271. The molecule has 1 saturated heterocycles. The zero-order valence-electron chi connectivity index (χ0n) is 11.4. The molecule has 106 valence electrons. The molecular weight excluding hydrogens is 372 g/mol. The lowest BCUT2D eigenvalue weighted by Gasteiger charge is -2.39. The number of phenolic OH excluding ortho intramolecular Hbond substituents is 1. The van der Waals surface area contributed by atoms with Crippen LogP contribution < -0.4 is 0 Å². The number of halogens is 2. The van der Waals surface area contributed by atoms with Gasteiger partial charge in [-0.15, -0.1) is 0 Å². The smallest absolute Gasteiger partial charge is 0.143 e. The molecular formula is C14H20Br2N2O. The molecule has 0 aliphatic carbocycles. The molecule has 1 atom stereocenters. The van der Waals surface area contributed by atoms with Gasteiger partial charge in [-0.2, -0.15) is 0 Å². The minimum absolute atomic E-state index is 0.271. The van der Waals surface area contributed by atoms with E-state index in [4.69, 9.17) is 0 Å². The van der Waals surface area contributed by atoms with Gasteiger partial charge in [-0.1, -0.05) is 6.92 Å². The summed E-state index contributed by atoms with van der Waals surface area (Å²) in [6.45, 7) is 9.92. The van der Waals surface area contributed by atoms with E-state index in [1.807, 2.05) is 12.1 Å². The van der Waals surface area contributed by atoms with Crippen LogP contribution in [0.1, 0.15) is 19.4 Å². The van der Waals surface area contributed by atoms with E-state index in [0.29, 0.717) is 6.04 Å². The molecule has 5 heteroatoms. The van der Waals surface area contributed by atoms with Crippen LogP contribution in [-0.2, 0) is 6.54 Å². The summed E-state index contributed by atoms with van der Waals surface area (Å²) >= 11 is 6.78. The van der Waals surface area contributed by atoms with Crippen molar-refractivity contribution in [2.45, 2.75) is 26.4 Å². The number of aromatic hydroxyl groups is 1. The summed E-state index contributed by atoms with van der Waals surface area (Å²) in [6, 6.07) is 4.61. The third-order valence-corrected chi connectivity index (χ3v) is 4.95. The first-order valence-electron chi connectivity index (χ1n) is 6.64. The highest BCUT2D eigenvalue weighted by molar-refractivity contribution is 9.11. The van der Waals surface area contributed by atoms with Crippen LogP contribution in [0.5, 0.6) is 5.75 Å². The highest BCUT2D eigenvalue weighted by Crippen LogP contribution is 2.33. The van der Waals surface area contributed by atoms with Crippen molar-refractivity contribution in [2.24, 2.45) is 0 Å². The standard InChI is InChI=1S/C14H20Br2N2O/c1-3-18-5-4-17(8-10(18)2)9-11-6-12(15)14(19)13(16)7-11/h6-7,10,19H,3-5,8-9H2,1-2H3. The number of benzene rings is 1. The average Bonchev–Trinajstić information content (AvgIpc) is 2.36. The summed E-state index contributed by atoms with van der Waals surface area (Å²) in [5.41, 5.74) is 1.22. The number of piperazine rings is 1. The molecule has 1 aliphatic heterocycles. The van der Waals surface area contributed by atoms with Gasteiger partial charge in [0.25, 0.3) is 0 Å². The first-order valence-corrected chi connectivity index (χ1v) is 8.23. The fourth-order valence-electron chi connectivity index (χ4n) is 2.65. The molecule has 0 spiro atoms. The van der Waals surface area contributed by atoms with Gasteiger partial charge in [0.1, 0.15) is 5.75 Å². The van der Waals surface area contributed by atoms with Crippen molar-refractivity contribution in [1.82, 2.24) is 9.80 Å². The van der Waals surface area contributed by atoms with Gasteiger partial charge < -0.3 is 5.11 Å². The van der Waals surface area contributed by atoms with E-state index < -0.39 is 0 Å². The second-order valence-corrected chi connectivity index (χ2v) is 6.83. The van der Waals surface area contributed by atoms with E-state index in [9.17, 15) is 5.11 Å². The average molecular weight is 392 g/mol. The SMILES string of the molecule is CCN1CCN(Cc2cc(Br)c(O)c(Br)c2)CC1C. The Balaban J connectivity index is 2.02. The summed E-state index contributed by atoms with van der Waals surface area (Å²) in [4.78, 5) is 4.99. The Bertz CT molecular complexity index is 430. The maximum atomic E-state index is 9.73. The van der Waals surface area contributed by atoms with Gasteiger partial charge in [0, 0.05) is 32.2 Å². The van der Waals surface area contributed by atoms with Crippen LogP contribution >= 0.6 is 31.9 Å². The van der Waals surface area contributed by atoms with E-state index in [-0.39, 0.29) is 5.75 Å². The van der Waals surface area contributed by atoms with E-state index in [1.165, 1.54) is 5.56 Å². The largest absolute Gasteiger partial charge is 0.506 e. The fourth-order valence-corrected chi connectivity index (χ4v) is 3.93. The quantitative estimate of drug-likeness (QED) is 0.854. The van der Waals surface area contributed by atoms with E-state index in [0.717, 1.165) is 41.7 Å². The van der Waals surface area contributed by atoms with Crippen LogP contribution in [0.4, 0.5) is 0 Å². The first-order chi connectivity index (χ1) is 9.01. The van der Waals surface area contributed by atoms with Gasteiger partial charge in [-0.3, -0.25) is 9.80 Å². The van der Waals surface area contributed by atoms with Gasteiger partial charge in [0.05, 0.1) is 8.95 Å². The number of likely N-dealkylation sites (N-methyl/N-ethyl adjacent to an activating group) is 1. The maximum absolute atomic E-state index is 9.73. The van der Waals surface area contributed by atoms with E-state index in [1.54, 1.807) is 0 Å². The van der Waals surface area contributed by atoms with Crippen LogP contribution in [0.2, 0.25) is 0 Å². The Morgan fingerprint density at radius 3 is 2.42 bits per heavy atom. The summed E-state index contributed by atoms with van der Waals surface area (Å²) < 4.78 is 1.49. The van der Waals surface area contributed by atoms with Crippen LogP contribution in [0.3, 0.4) is 0 Å². The molecule has 0 bridgehead atoms.